The SMILES string of the molecule is C=CCN1C(=O)C(=Cc2ccc(OC(NC(=O)c3cccc4ccccc34)C(Cl)(Cl)Cl)cc2)SC1=S. The van der Waals surface area contributed by atoms with Crippen molar-refractivity contribution in [2.75, 3.05) is 6.54 Å². The van der Waals surface area contributed by atoms with Crippen LogP contribution in [0.3, 0.4) is 0 Å². The van der Waals surface area contributed by atoms with Gasteiger partial charge in [0.25, 0.3) is 11.8 Å². The molecule has 1 saturated heterocycles. The fourth-order valence-electron chi connectivity index (χ4n) is 3.51. The number of nitrogens with one attached hydrogen (secondary N) is 1. The van der Waals surface area contributed by atoms with Gasteiger partial charge >= 0.3 is 0 Å². The van der Waals surface area contributed by atoms with Crippen LogP contribution in [0.15, 0.2) is 84.3 Å². The molecule has 3 aromatic carbocycles. The average molecular weight is 578 g/mol. The molecule has 0 bridgehead atoms. The molecule has 0 saturated carbocycles. The Morgan fingerprint density at radius 2 is 1.81 bits per heavy atom. The van der Waals surface area contributed by atoms with E-state index in [-0.39, 0.29) is 5.91 Å². The summed E-state index contributed by atoms with van der Waals surface area (Å²) in [7, 11) is 0. The van der Waals surface area contributed by atoms with Gasteiger partial charge in [0.1, 0.15) is 10.1 Å². The third-order valence-electron chi connectivity index (χ3n) is 5.21. The van der Waals surface area contributed by atoms with Crippen LogP contribution in [-0.2, 0) is 4.79 Å². The number of carbonyl (C=O) groups excluding carboxylic acids is 2. The minimum atomic E-state index is -1.95. The van der Waals surface area contributed by atoms with Crippen molar-refractivity contribution in [2.24, 2.45) is 0 Å². The molecule has 0 radical (unpaired) electrons. The van der Waals surface area contributed by atoms with E-state index in [4.69, 9.17) is 51.8 Å². The summed E-state index contributed by atoms with van der Waals surface area (Å²) in [6.07, 6.45) is 2.09. The number of rotatable bonds is 7. The summed E-state index contributed by atoms with van der Waals surface area (Å²) < 4.78 is 4.37. The number of benzene rings is 3. The van der Waals surface area contributed by atoms with Gasteiger partial charge in [0.2, 0.25) is 10.0 Å². The van der Waals surface area contributed by atoms with Crippen molar-refractivity contribution < 1.29 is 14.3 Å². The van der Waals surface area contributed by atoms with Crippen LogP contribution in [0, 0.1) is 0 Å². The molecule has 4 rings (SSSR count). The summed E-state index contributed by atoms with van der Waals surface area (Å²) in [6, 6.07) is 19.7. The zero-order valence-electron chi connectivity index (χ0n) is 18.6. The second kappa shape index (κ2) is 11.2. The number of carbonyl (C=O) groups is 2. The molecule has 10 heteroatoms. The van der Waals surface area contributed by atoms with E-state index in [2.05, 4.69) is 11.9 Å². The van der Waals surface area contributed by atoms with Gasteiger partial charge in [-0.2, -0.15) is 0 Å². The summed E-state index contributed by atoms with van der Waals surface area (Å²) in [5.74, 6) is -0.250. The molecular weight excluding hydrogens is 559 g/mol. The van der Waals surface area contributed by atoms with Crippen molar-refractivity contribution in [3.8, 4) is 5.75 Å². The van der Waals surface area contributed by atoms with Crippen molar-refractivity contribution in [3.63, 3.8) is 0 Å². The van der Waals surface area contributed by atoms with Crippen LogP contribution >= 0.6 is 58.8 Å². The van der Waals surface area contributed by atoms with Gasteiger partial charge in [0.15, 0.2) is 0 Å². The maximum atomic E-state index is 13.1. The lowest BCUT2D eigenvalue weighted by molar-refractivity contribution is -0.121. The van der Waals surface area contributed by atoms with Crippen LogP contribution in [-0.4, -0.2) is 37.6 Å². The summed E-state index contributed by atoms with van der Waals surface area (Å²) in [5.41, 5.74) is 1.19. The fraction of sp³-hybridized carbons (Fsp3) is 0.115. The number of fused-ring (bicyclic) bond motifs is 1. The predicted octanol–water partition coefficient (Wildman–Crippen LogP) is 6.73. The molecule has 3 aromatic rings. The molecule has 184 valence electrons. The lowest BCUT2D eigenvalue weighted by Gasteiger charge is -2.26. The van der Waals surface area contributed by atoms with E-state index in [1.807, 2.05) is 30.3 Å². The van der Waals surface area contributed by atoms with E-state index in [1.165, 1.54) is 16.7 Å². The van der Waals surface area contributed by atoms with Crippen molar-refractivity contribution in [1.29, 1.82) is 0 Å². The van der Waals surface area contributed by atoms with Gasteiger partial charge in [-0.3, -0.25) is 14.5 Å². The van der Waals surface area contributed by atoms with Gasteiger partial charge in [-0.1, -0.05) is 113 Å². The minimum Gasteiger partial charge on any atom is -0.466 e. The van der Waals surface area contributed by atoms with Gasteiger partial charge in [0, 0.05) is 12.1 Å². The van der Waals surface area contributed by atoms with Crippen molar-refractivity contribution in [1.82, 2.24) is 10.2 Å². The molecule has 0 aliphatic carbocycles. The fourth-order valence-corrected chi connectivity index (χ4v) is 5.09. The number of hydrogen-bond donors (Lipinski definition) is 1. The Morgan fingerprint density at radius 1 is 1.11 bits per heavy atom. The molecule has 2 amide bonds. The standard InChI is InChI=1S/C26H19Cl3N2O3S2/c1-2-14-31-23(33)21(36-25(31)35)15-16-10-12-18(13-11-16)34-24(26(27,28)29)30-22(32)20-9-5-7-17-6-3-4-8-19(17)20/h2-13,15,24H,1,14H2,(H,30,32). The Morgan fingerprint density at radius 3 is 2.50 bits per heavy atom. The molecule has 1 unspecified atom stereocenters. The second-order valence-electron chi connectivity index (χ2n) is 7.69. The molecular formula is C26H19Cl3N2O3S2. The number of ether oxygens (including phenoxy) is 1. The summed E-state index contributed by atoms with van der Waals surface area (Å²) in [4.78, 5) is 27.6. The molecule has 1 heterocycles. The first-order chi connectivity index (χ1) is 17.2. The Kier molecular flexibility index (Phi) is 8.27. The first-order valence-corrected chi connectivity index (χ1v) is 13.0. The molecule has 0 spiro atoms. The summed E-state index contributed by atoms with van der Waals surface area (Å²) in [5, 5.41) is 4.35. The Bertz CT molecular complexity index is 1370. The molecule has 36 heavy (non-hydrogen) atoms. The highest BCUT2D eigenvalue weighted by atomic mass is 35.6. The number of nitrogens with zero attached hydrogens (tertiary/aromatic N) is 1. The smallest absolute Gasteiger partial charge is 0.266 e. The van der Waals surface area contributed by atoms with E-state index in [9.17, 15) is 9.59 Å². The van der Waals surface area contributed by atoms with Crippen LogP contribution < -0.4 is 10.1 Å². The third kappa shape index (κ3) is 6.05. The van der Waals surface area contributed by atoms with Gasteiger partial charge in [-0.25, -0.2) is 0 Å². The average Bonchev–Trinajstić information content (AvgIpc) is 3.11. The maximum absolute atomic E-state index is 13.1. The highest BCUT2D eigenvalue weighted by Crippen LogP contribution is 2.34. The Labute approximate surface area is 233 Å². The highest BCUT2D eigenvalue weighted by Gasteiger charge is 2.37. The molecule has 1 atom stereocenters. The van der Waals surface area contributed by atoms with Crippen molar-refractivity contribution in [2.45, 2.75) is 10.0 Å². The van der Waals surface area contributed by atoms with E-state index in [0.29, 0.717) is 27.1 Å². The lowest BCUT2D eigenvalue weighted by Crippen LogP contribution is -2.47. The van der Waals surface area contributed by atoms with Crippen LogP contribution in [0.1, 0.15) is 15.9 Å². The lowest BCUT2D eigenvalue weighted by atomic mass is 10.0. The van der Waals surface area contributed by atoms with E-state index < -0.39 is 15.9 Å². The van der Waals surface area contributed by atoms with Crippen molar-refractivity contribution in [3.05, 3.63) is 95.4 Å². The minimum absolute atomic E-state index is 0.169. The number of amides is 2. The molecule has 1 aliphatic rings. The predicted molar refractivity (Wildman–Crippen MR) is 153 cm³/mol. The van der Waals surface area contributed by atoms with Crippen LogP contribution in [0.25, 0.3) is 16.8 Å². The van der Waals surface area contributed by atoms with Crippen LogP contribution in [0.4, 0.5) is 0 Å². The van der Waals surface area contributed by atoms with Crippen molar-refractivity contribution >= 4 is 91.8 Å². The van der Waals surface area contributed by atoms with E-state index in [0.717, 1.165) is 16.3 Å². The number of thiocarbonyl (C=S) groups is 1. The van der Waals surface area contributed by atoms with Crippen LogP contribution in [0.5, 0.6) is 5.75 Å². The van der Waals surface area contributed by atoms with Gasteiger partial charge < -0.3 is 10.1 Å². The number of alkyl halides is 3. The largest absolute Gasteiger partial charge is 0.466 e. The molecule has 5 nitrogen and oxygen atoms in total. The Hall–Kier alpha value is -2.55. The first kappa shape index (κ1) is 26.5. The molecule has 0 aromatic heterocycles. The topological polar surface area (TPSA) is 58.6 Å². The normalized spacial score (nSPS) is 15.9. The van der Waals surface area contributed by atoms with E-state index in [1.54, 1.807) is 48.6 Å². The Balaban J connectivity index is 1.50. The second-order valence-corrected chi connectivity index (χ2v) is 11.7. The molecule has 1 aliphatic heterocycles. The molecule has 1 fully saturated rings. The third-order valence-corrected chi connectivity index (χ3v) is 7.18. The quantitative estimate of drug-likeness (QED) is 0.111. The maximum Gasteiger partial charge on any atom is 0.266 e. The van der Waals surface area contributed by atoms with Gasteiger partial charge in [-0.15, -0.1) is 6.58 Å². The number of thioether (sulfide) groups is 1. The monoisotopic (exact) mass is 576 g/mol. The van der Waals surface area contributed by atoms with Gasteiger partial charge in [-0.05, 0) is 40.6 Å². The highest BCUT2D eigenvalue weighted by molar-refractivity contribution is 8.26. The number of hydrogen-bond acceptors (Lipinski definition) is 5. The zero-order valence-corrected chi connectivity index (χ0v) is 22.5. The number of halogens is 3. The summed E-state index contributed by atoms with van der Waals surface area (Å²) in [6.45, 7) is 4.01. The summed E-state index contributed by atoms with van der Waals surface area (Å²) >= 11 is 24.9. The molecule has 1 N–H and O–H groups in total. The van der Waals surface area contributed by atoms with Crippen LogP contribution in [0.2, 0.25) is 0 Å². The zero-order chi connectivity index (χ0) is 25.9. The first-order valence-electron chi connectivity index (χ1n) is 10.7. The van der Waals surface area contributed by atoms with Gasteiger partial charge in [0.05, 0.1) is 4.91 Å². The van der Waals surface area contributed by atoms with E-state index >= 15 is 0 Å².